The van der Waals surface area contributed by atoms with E-state index >= 15 is 0 Å². The lowest BCUT2D eigenvalue weighted by atomic mass is 10.1. The summed E-state index contributed by atoms with van der Waals surface area (Å²) in [4.78, 5) is 13.8. The summed E-state index contributed by atoms with van der Waals surface area (Å²) >= 11 is 0. The number of rotatable bonds is 6. The third kappa shape index (κ3) is 4.64. The Morgan fingerprint density at radius 1 is 1.10 bits per heavy atom. The van der Waals surface area contributed by atoms with Gasteiger partial charge < -0.3 is 9.64 Å². The molecule has 20 heavy (non-hydrogen) atoms. The van der Waals surface area contributed by atoms with E-state index < -0.39 is 0 Å². The number of ketones is 1. The van der Waals surface area contributed by atoms with Crippen LogP contribution < -0.4 is 9.64 Å². The second-order valence-electron chi connectivity index (χ2n) is 5.54. The highest BCUT2D eigenvalue weighted by atomic mass is 16.5. The Morgan fingerprint density at radius 2 is 1.75 bits per heavy atom. The second-order valence-corrected chi connectivity index (χ2v) is 5.54. The van der Waals surface area contributed by atoms with Crippen molar-refractivity contribution in [2.45, 2.75) is 39.0 Å². The lowest BCUT2D eigenvalue weighted by molar-refractivity contribution is -0.898. The van der Waals surface area contributed by atoms with E-state index in [1.54, 1.807) is 4.90 Å². The summed E-state index contributed by atoms with van der Waals surface area (Å²) in [6.07, 6.45) is 6.00. The molecular formula is C17H26NO2+. The molecule has 2 rings (SSSR count). The van der Waals surface area contributed by atoms with Gasteiger partial charge >= 0.3 is 0 Å². The molecule has 0 unspecified atom stereocenters. The number of carbonyl (C=O) groups is 1. The zero-order valence-corrected chi connectivity index (χ0v) is 12.5. The predicted molar refractivity (Wildman–Crippen MR) is 80.6 cm³/mol. The monoisotopic (exact) mass is 276 g/mol. The van der Waals surface area contributed by atoms with Crippen molar-refractivity contribution in [1.82, 2.24) is 0 Å². The molecule has 3 heteroatoms. The molecule has 1 aromatic rings. The van der Waals surface area contributed by atoms with Crippen LogP contribution in [0, 0.1) is 0 Å². The van der Waals surface area contributed by atoms with E-state index in [2.05, 4.69) is 0 Å². The van der Waals surface area contributed by atoms with Gasteiger partial charge in [-0.05, 0) is 56.9 Å². The average Bonchev–Trinajstić information content (AvgIpc) is 2.74. The third-order valence-electron chi connectivity index (χ3n) is 4.00. The Labute approximate surface area is 121 Å². The molecule has 1 saturated heterocycles. The maximum Gasteiger partial charge on any atom is 0.168 e. The van der Waals surface area contributed by atoms with E-state index in [1.807, 2.05) is 31.2 Å². The number of ether oxygens (including phenoxy) is 1. The number of hydrogen-bond donors (Lipinski definition) is 1. The average molecular weight is 276 g/mol. The molecule has 1 aromatic carbocycles. The maximum atomic E-state index is 12.2. The van der Waals surface area contributed by atoms with Crippen molar-refractivity contribution in [3.63, 3.8) is 0 Å². The summed E-state index contributed by atoms with van der Waals surface area (Å²) in [6, 6.07) is 7.53. The van der Waals surface area contributed by atoms with Crippen LogP contribution in [0.4, 0.5) is 0 Å². The topological polar surface area (TPSA) is 30.7 Å². The molecule has 1 N–H and O–H groups in total. The Morgan fingerprint density at radius 3 is 2.35 bits per heavy atom. The first-order valence-electron chi connectivity index (χ1n) is 7.89. The van der Waals surface area contributed by atoms with Crippen LogP contribution in [0.25, 0.3) is 0 Å². The first-order chi connectivity index (χ1) is 9.79. The van der Waals surface area contributed by atoms with Crippen molar-refractivity contribution in [3.05, 3.63) is 29.8 Å². The van der Waals surface area contributed by atoms with Crippen molar-refractivity contribution in [3.8, 4) is 5.75 Å². The fourth-order valence-corrected chi connectivity index (χ4v) is 2.82. The normalized spacial score (nSPS) is 16.6. The van der Waals surface area contributed by atoms with Crippen LogP contribution in [0.15, 0.2) is 24.3 Å². The quantitative estimate of drug-likeness (QED) is 0.807. The summed E-state index contributed by atoms with van der Waals surface area (Å²) in [7, 11) is 0. The van der Waals surface area contributed by atoms with Crippen LogP contribution in [-0.2, 0) is 0 Å². The lowest BCUT2D eigenvalue weighted by Crippen LogP contribution is -3.11. The van der Waals surface area contributed by atoms with Crippen LogP contribution >= 0.6 is 0 Å². The minimum atomic E-state index is 0.254. The van der Waals surface area contributed by atoms with Crippen molar-refractivity contribution in [2.24, 2.45) is 0 Å². The van der Waals surface area contributed by atoms with Gasteiger partial charge in [-0.2, -0.15) is 0 Å². The van der Waals surface area contributed by atoms with Gasteiger partial charge in [-0.3, -0.25) is 4.79 Å². The fraction of sp³-hybridized carbons (Fsp3) is 0.588. The minimum absolute atomic E-state index is 0.254. The van der Waals surface area contributed by atoms with Crippen LogP contribution in [0.3, 0.4) is 0 Å². The minimum Gasteiger partial charge on any atom is -0.494 e. The molecule has 1 aliphatic rings. The predicted octanol–water partition coefficient (Wildman–Crippen LogP) is 2.12. The van der Waals surface area contributed by atoms with Gasteiger partial charge in [0.1, 0.15) is 5.75 Å². The number of quaternary nitrogens is 1. The van der Waals surface area contributed by atoms with Crippen LogP contribution in [-0.4, -0.2) is 32.0 Å². The SMILES string of the molecule is CCOc1ccc(C(=O)CC[NH+]2CCCCCC2)cc1. The van der Waals surface area contributed by atoms with Crippen molar-refractivity contribution < 1.29 is 14.4 Å². The Hall–Kier alpha value is -1.35. The number of Topliss-reactive ketones (excluding diaryl/α,β-unsaturated/α-hetero) is 1. The molecule has 1 heterocycles. The van der Waals surface area contributed by atoms with Gasteiger partial charge in [-0.25, -0.2) is 0 Å². The smallest absolute Gasteiger partial charge is 0.168 e. The molecule has 1 fully saturated rings. The first-order valence-corrected chi connectivity index (χ1v) is 7.89. The number of hydrogen-bond acceptors (Lipinski definition) is 2. The molecule has 0 amide bonds. The molecule has 0 bridgehead atoms. The first kappa shape index (κ1) is 15.0. The van der Waals surface area contributed by atoms with E-state index in [0.29, 0.717) is 13.0 Å². The molecule has 0 aliphatic carbocycles. The van der Waals surface area contributed by atoms with Crippen LogP contribution in [0.1, 0.15) is 49.4 Å². The van der Waals surface area contributed by atoms with Gasteiger partial charge in [0.2, 0.25) is 0 Å². The second kappa shape index (κ2) is 8.05. The fourth-order valence-electron chi connectivity index (χ4n) is 2.82. The Bertz CT molecular complexity index is 406. The number of carbonyl (C=O) groups excluding carboxylic acids is 1. The number of benzene rings is 1. The summed E-state index contributed by atoms with van der Waals surface area (Å²) < 4.78 is 5.39. The number of likely N-dealkylation sites (tertiary alicyclic amines) is 1. The van der Waals surface area contributed by atoms with Crippen molar-refractivity contribution in [1.29, 1.82) is 0 Å². The highest BCUT2D eigenvalue weighted by Gasteiger charge is 2.14. The molecular weight excluding hydrogens is 250 g/mol. The van der Waals surface area contributed by atoms with Crippen molar-refractivity contribution >= 4 is 5.78 Å². The van der Waals surface area contributed by atoms with Gasteiger partial charge in [0.25, 0.3) is 0 Å². The molecule has 0 aromatic heterocycles. The molecule has 3 nitrogen and oxygen atoms in total. The standard InChI is InChI=1S/C17H25NO2/c1-2-20-16-9-7-15(8-10-16)17(19)11-14-18-12-5-3-4-6-13-18/h7-10H,2-6,11-14H2,1H3/p+1. The zero-order valence-electron chi connectivity index (χ0n) is 12.5. The van der Waals surface area contributed by atoms with E-state index in [0.717, 1.165) is 17.9 Å². The largest absolute Gasteiger partial charge is 0.494 e. The lowest BCUT2D eigenvalue weighted by Gasteiger charge is -2.16. The Kier molecular flexibility index (Phi) is 6.06. The summed E-state index contributed by atoms with van der Waals surface area (Å²) in [6.45, 7) is 6.06. The maximum absolute atomic E-state index is 12.2. The van der Waals surface area contributed by atoms with E-state index in [4.69, 9.17) is 4.74 Å². The highest BCUT2D eigenvalue weighted by Crippen LogP contribution is 2.13. The molecule has 0 radical (unpaired) electrons. The zero-order chi connectivity index (χ0) is 14.2. The van der Waals surface area contributed by atoms with Gasteiger partial charge in [0, 0.05) is 5.56 Å². The number of nitrogens with one attached hydrogen (secondary N) is 1. The molecule has 0 saturated carbocycles. The van der Waals surface area contributed by atoms with E-state index in [9.17, 15) is 4.79 Å². The van der Waals surface area contributed by atoms with E-state index in [-0.39, 0.29) is 5.78 Å². The third-order valence-corrected chi connectivity index (χ3v) is 4.00. The van der Waals surface area contributed by atoms with Gasteiger partial charge in [0.05, 0.1) is 32.7 Å². The van der Waals surface area contributed by atoms with E-state index in [1.165, 1.54) is 38.8 Å². The summed E-state index contributed by atoms with van der Waals surface area (Å²) in [5.41, 5.74) is 0.808. The summed E-state index contributed by atoms with van der Waals surface area (Å²) in [5.74, 6) is 1.09. The molecule has 110 valence electrons. The van der Waals surface area contributed by atoms with Gasteiger partial charge in [0.15, 0.2) is 5.78 Å². The molecule has 0 atom stereocenters. The van der Waals surface area contributed by atoms with Crippen molar-refractivity contribution in [2.75, 3.05) is 26.2 Å². The Balaban J connectivity index is 1.81. The van der Waals surface area contributed by atoms with Gasteiger partial charge in [-0.1, -0.05) is 0 Å². The van der Waals surface area contributed by atoms with Gasteiger partial charge in [-0.15, -0.1) is 0 Å². The van der Waals surface area contributed by atoms with Crippen LogP contribution in [0.5, 0.6) is 5.75 Å². The molecule has 1 aliphatic heterocycles. The highest BCUT2D eigenvalue weighted by molar-refractivity contribution is 5.96. The summed E-state index contributed by atoms with van der Waals surface area (Å²) in [5, 5.41) is 0. The van der Waals surface area contributed by atoms with Crippen LogP contribution in [0.2, 0.25) is 0 Å². The molecule has 0 spiro atoms.